The van der Waals surface area contributed by atoms with Gasteiger partial charge >= 0.3 is 0 Å². The summed E-state index contributed by atoms with van der Waals surface area (Å²) in [6, 6.07) is 19.9. The highest BCUT2D eigenvalue weighted by Crippen LogP contribution is 2.30. The number of furan rings is 1. The van der Waals surface area contributed by atoms with E-state index in [9.17, 15) is 9.18 Å². The maximum atomic E-state index is 14.3. The zero-order valence-corrected chi connectivity index (χ0v) is 24.2. The standard InChI is InChI=1S/C29H30FN3O2.C3H8.CH4O/c1-3-4-5-10-17-33(29(31)23-12-6-8-13-25(23)30)28(34)19-32-20(2)21-15-16-27-24(18-21)22-11-7-9-14-26(22)35-27;1-3-2;1-2/h5-16,18,20,31-32H,3-4,17,19H2,1-2H3;3H2,1-2H3;2H,1H3/b10-5-,31-29?;;. The number of carbonyl (C=O) groups is 1. The van der Waals surface area contributed by atoms with E-state index in [4.69, 9.17) is 14.9 Å². The molecule has 0 aliphatic rings. The SMILES string of the molecule is CCC.CCC/C=C\CN(C(=N)c1ccccc1F)C(=O)CNC(C)c1ccc2oc3ccccc3c2c1.CO. The summed E-state index contributed by atoms with van der Waals surface area (Å²) in [5, 5.41) is 20.9. The van der Waals surface area contributed by atoms with Crippen molar-refractivity contribution in [3.8, 4) is 0 Å². The maximum Gasteiger partial charge on any atom is 0.242 e. The van der Waals surface area contributed by atoms with E-state index in [2.05, 4.69) is 32.2 Å². The third-order valence-electron chi connectivity index (χ3n) is 6.07. The number of nitrogens with zero attached hydrogens (tertiary/aromatic N) is 1. The van der Waals surface area contributed by atoms with Crippen molar-refractivity contribution < 1.29 is 18.7 Å². The van der Waals surface area contributed by atoms with Crippen LogP contribution >= 0.6 is 0 Å². The number of rotatable bonds is 9. The van der Waals surface area contributed by atoms with Crippen LogP contribution in [0.25, 0.3) is 21.9 Å². The average Bonchev–Trinajstić information content (AvgIpc) is 3.35. The van der Waals surface area contributed by atoms with Gasteiger partial charge in [-0.15, -0.1) is 0 Å². The fourth-order valence-corrected chi connectivity index (χ4v) is 4.05. The van der Waals surface area contributed by atoms with E-state index in [-0.39, 0.29) is 36.4 Å². The smallest absolute Gasteiger partial charge is 0.242 e. The first-order valence-electron chi connectivity index (χ1n) is 13.8. The summed E-state index contributed by atoms with van der Waals surface area (Å²) in [7, 11) is 1.00. The van der Waals surface area contributed by atoms with E-state index < -0.39 is 5.82 Å². The van der Waals surface area contributed by atoms with Crippen molar-refractivity contribution in [3.63, 3.8) is 0 Å². The minimum absolute atomic E-state index is 0.0176. The van der Waals surface area contributed by atoms with Crippen LogP contribution in [0.3, 0.4) is 0 Å². The molecule has 0 saturated heterocycles. The van der Waals surface area contributed by atoms with Crippen LogP contribution in [0.1, 0.15) is 64.1 Å². The molecule has 1 heterocycles. The summed E-state index contributed by atoms with van der Waals surface area (Å²) >= 11 is 0. The van der Waals surface area contributed by atoms with Crippen LogP contribution in [-0.4, -0.2) is 41.9 Å². The average molecular weight is 548 g/mol. The summed E-state index contributed by atoms with van der Waals surface area (Å²) < 4.78 is 20.2. The second-order valence-corrected chi connectivity index (χ2v) is 9.26. The van der Waals surface area contributed by atoms with Gasteiger partial charge in [0.05, 0.1) is 12.1 Å². The molecule has 1 atom stereocenters. The van der Waals surface area contributed by atoms with Gasteiger partial charge in [-0.3, -0.25) is 15.1 Å². The van der Waals surface area contributed by atoms with Crippen LogP contribution < -0.4 is 5.32 Å². The predicted octanol–water partition coefficient (Wildman–Crippen LogP) is 7.61. The molecule has 1 unspecified atom stereocenters. The Morgan fingerprint density at radius 1 is 1.00 bits per heavy atom. The van der Waals surface area contributed by atoms with E-state index in [1.54, 1.807) is 12.1 Å². The third kappa shape index (κ3) is 8.60. The molecule has 0 radical (unpaired) electrons. The third-order valence-corrected chi connectivity index (χ3v) is 6.07. The molecule has 40 heavy (non-hydrogen) atoms. The largest absolute Gasteiger partial charge is 0.456 e. The van der Waals surface area contributed by atoms with Gasteiger partial charge in [0.15, 0.2) is 0 Å². The van der Waals surface area contributed by atoms with Crippen molar-refractivity contribution in [2.75, 3.05) is 20.2 Å². The highest BCUT2D eigenvalue weighted by Gasteiger charge is 2.21. The Kier molecular flexibility index (Phi) is 13.8. The van der Waals surface area contributed by atoms with Crippen molar-refractivity contribution >= 4 is 33.7 Å². The van der Waals surface area contributed by atoms with Gasteiger partial charge in [-0.05, 0) is 49.2 Å². The number of benzene rings is 3. The molecule has 1 amide bonds. The number of hydrogen-bond acceptors (Lipinski definition) is 5. The molecule has 0 aliphatic heterocycles. The molecule has 0 spiro atoms. The molecule has 7 heteroatoms. The van der Waals surface area contributed by atoms with Crippen LogP contribution in [0.15, 0.2) is 83.3 Å². The molecule has 3 aromatic carbocycles. The predicted molar refractivity (Wildman–Crippen MR) is 163 cm³/mol. The number of aliphatic hydroxyl groups excluding tert-OH is 1. The highest BCUT2D eigenvalue weighted by molar-refractivity contribution is 6.07. The fourth-order valence-electron chi connectivity index (χ4n) is 4.05. The normalized spacial score (nSPS) is 11.5. The zero-order valence-electron chi connectivity index (χ0n) is 24.2. The fraction of sp³-hybridized carbons (Fsp3) is 0.333. The number of aliphatic hydroxyl groups is 1. The van der Waals surface area contributed by atoms with Gasteiger partial charge in [0.25, 0.3) is 0 Å². The van der Waals surface area contributed by atoms with E-state index >= 15 is 0 Å². The number of halogens is 1. The molecule has 4 aromatic rings. The van der Waals surface area contributed by atoms with Crippen molar-refractivity contribution in [2.24, 2.45) is 0 Å². The summed E-state index contributed by atoms with van der Waals surface area (Å²) in [5.74, 6) is -0.953. The molecule has 0 fully saturated rings. The number of fused-ring (bicyclic) bond motifs is 3. The van der Waals surface area contributed by atoms with Crippen LogP contribution in [-0.2, 0) is 4.79 Å². The minimum Gasteiger partial charge on any atom is -0.456 e. The second-order valence-electron chi connectivity index (χ2n) is 9.26. The van der Waals surface area contributed by atoms with Crippen molar-refractivity contribution in [3.05, 3.63) is 95.8 Å². The van der Waals surface area contributed by atoms with E-state index in [1.165, 1.54) is 23.5 Å². The van der Waals surface area contributed by atoms with Crippen LogP contribution in [0.4, 0.5) is 4.39 Å². The van der Waals surface area contributed by atoms with E-state index in [1.807, 2.05) is 55.5 Å². The van der Waals surface area contributed by atoms with Gasteiger partial charge in [-0.25, -0.2) is 4.39 Å². The summed E-state index contributed by atoms with van der Waals surface area (Å²) in [6.07, 6.45) is 6.97. The second kappa shape index (κ2) is 17.0. The quantitative estimate of drug-likeness (QED) is 0.114. The van der Waals surface area contributed by atoms with Gasteiger partial charge in [-0.2, -0.15) is 0 Å². The Labute approximate surface area is 237 Å². The Morgan fingerprint density at radius 2 is 1.65 bits per heavy atom. The molecule has 1 aromatic heterocycles. The first-order valence-corrected chi connectivity index (χ1v) is 13.8. The number of hydrogen-bond donors (Lipinski definition) is 3. The first-order chi connectivity index (χ1) is 19.4. The van der Waals surface area contributed by atoms with Crippen LogP contribution in [0.5, 0.6) is 0 Å². The number of nitrogens with one attached hydrogen (secondary N) is 2. The molecular formula is C33H42FN3O3. The number of carbonyl (C=O) groups excluding carboxylic acids is 1. The lowest BCUT2D eigenvalue weighted by molar-refractivity contribution is -0.126. The lowest BCUT2D eigenvalue weighted by Crippen LogP contribution is -2.43. The summed E-state index contributed by atoms with van der Waals surface area (Å²) in [6.45, 7) is 8.55. The topological polar surface area (TPSA) is 89.6 Å². The molecule has 214 valence electrons. The Balaban J connectivity index is 0.00000105. The number of allylic oxidation sites excluding steroid dienone is 1. The van der Waals surface area contributed by atoms with Crippen LogP contribution in [0.2, 0.25) is 0 Å². The van der Waals surface area contributed by atoms with Gasteiger partial charge in [0, 0.05) is 30.5 Å². The molecule has 3 N–H and O–H groups in total. The minimum atomic E-state index is -0.519. The first kappa shape index (κ1) is 32.4. The number of para-hydroxylation sites is 1. The molecular weight excluding hydrogens is 505 g/mol. The number of unbranched alkanes of at least 4 members (excludes halogenated alkanes) is 1. The molecule has 0 saturated carbocycles. The lowest BCUT2D eigenvalue weighted by Gasteiger charge is -2.24. The van der Waals surface area contributed by atoms with Gasteiger partial charge in [0.2, 0.25) is 5.91 Å². The highest BCUT2D eigenvalue weighted by atomic mass is 19.1. The van der Waals surface area contributed by atoms with Crippen molar-refractivity contribution in [2.45, 2.75) is 53.0 Å². The maximum absolute atomic E-state index is 14.3. The van der Waals surface area contributed by atoms with Crippen molar-refractivity contribution in [1.82, 2.24) is 10.2 Å². The molecule has 4 rings (SSSR count). The van der Waals surface area contributed by atoms with Gasteiger partial charge < -0.3 is 14.8 Å². The zero-order chi connectivity index (χ0) is 29.5. The Bertz CT molecular complexity index is 1400. The van der Waals surface area contributed by atoms with Gasteiger partial charge in [-0.1, -0.05) is 82.2 Å². The molecule has 0 aliphatic carbocycles. The Morgan fingerprint density at radius 3 is 2.35 bits per heavy atom. The van der Waals surface area contributed by atoms with Crippen LogP contribution in [0, 0.1) is 11.2 Å². The number of amides is 1. The summed E-state index contributed by atoms with van der Waals surface area (Å²) in [5.41, 5.74) is 2.79. The van der Waals surface area contributed by atoms with E-state index in [0.29, 0.717) is 0 Å². The monoisotopic (exact) mass is 547 g/mol. The lowest BCUT2D eigenvalue weighted by atomic mass is 10.0. The summed E-state index contributed by atoms with van der Waals surface area (Å²) in [4.78, 5) is 14.5. The van der Waals surface area contributed by atoms with E-state index in [0.717, 1.165) is 47.5 Å². The van der Waals surface area contributed by atoms with Crippen molar-refractivity contribution in [1.29, 1.82) is 5.41 Å². The number of amidine groups is 1. The van der Waals surface area contributed by atoms with Gasteiger partial charge in [0.1, 0.15) is 22.8 Å². The molecule has 0 bridgehead atoms. The molecule has 6 nitrogen and oxygen atoms in total. The Hall–Kier alpha value is -3.81.